The fraction of sp³-hybridized carbons (Fsp3) is 0.538. The summed E-state index contributed by atoms with van der Waals surface area (Å²) in [6.45, 7) is 4.99. The Morgan fingerprint density at radius 1 is 1.53 bits per heavy atom. The quantitative estimate of drug-likeness (QED) is 0.898. The summed E-state index contributed by atoms with van der Waals surface area (Å²) in [5, 5.41) is 6.37. The van der Waals surface area contributed by atoms with Crippen molar-refractivity contribution in [2.45, 2.75) is 19.8 Å². The normalized spacial score (nSPS) is 21.7. The van der Waals surface area contributed by atoms with E-state index >= 15 is 0 Å². The van der Waals surface area contributed by atoms with E-state index in [1.807, 2.05) is 0 Å². The SMILES string of the molecule is CC1(CNC(=O)c2cccnc2)CCCNC1.Cl.Cl. The van der Waals surface area contributed by atoms with Crippen molar-refractivity contribution in [3.8, 4) is 0 Å². The van der Waals surface area contributed by atoms with Gasteiger partial charge >= 0.3 is 0 Å². The van der Waals surface area contributed by atoms with Crippen molar-refractivity contribution in [1.82, 2.24) is 15.6 Å². The molecular weight excluding hydrogens is 285 g/mol. The average Bonchev–Trinajstić information content (AvgIpc) is 2.38. The van der Waals surface area contributed by atoms with Crippen molar-refractivity contribution < 1.29 is 4.79 Å². The van der Waals surface area contributed by atoms with E-state index in [0.717, 1.165) is 19.5 Å². The molecule has 0 spiro atoms. The van der Waals surface area contributed by atoms with Gasteiger partial charge in [-0.15, -0.1) is 24.8 Å². The van der Waals surface area contributed by atoms with Gasteiger partial charge in [-0.1, -0.05) is 6.92 Å². The summed E-state index contributed by atoms with van der Waals surface area (Å²) in [5.41, 5.74) is 0.802. The second-order valence-corrected chi connectivity index (χ2v) is 5.02. The van der Waals surface area contributed by atoms with E-state index in [4.69, 9.17) is 0 Å². The first kappa shape index (κ1) is 18.2. The number of nitrogens with zero attached hydrogens (tertiary/aromatic N) is 1. The van der Waals surface area contributed by atoms with E-state index in [0.29, 0.717) is 12.1 Å². The van der Waals surface area contributed by atoms with Crippen LogP contribution in [0.25, 0.3) is 0 Å². The molecule has 1 aliphatic heterocycles. The Bertz CT molecular complexity index is 381. The number of aromatic nitrogens is 1. The third-order valence-electron chi connectivity index (χ3n) is 3.29. The Balaban J connectivity index is 0.00000162. The second-order valence-electron chi connectivity index (χ2n) is 5.02. The van der Waals surface area contributed by atoms with Crippen molar-refractivity contribution in [3.05, 3.63) is 30.1 Å². The van der Waals surface area contributed by atoms with E-state index in [1.54, 1.807) is 24.5 Å². The summed E-state index contributed by atoms with van der Waals surface area (Å²) in [7, 11) is 0. The number of piperidine rings is 1. The highest BCUT2D eigenvalue weighted by atomic mass is 35.5. The number of rotatable bonds is 3. The maximum Gasteiger partial charge on any atom is 0.252 e. The summed E-state index contributed by atoms with van der Waals surface area (Å²) >= 11 is 0. The fourth-order valence-electron chi connectivity index (χ4n) is 2.16. The summed E-state index contributed by atoms with van der Waals surface area (Å²) in [5.74, 6) is -0.0371. The lowest BCUT2D eigenvalue weighted by Gasteiger charge is -2.34. The standard InChI is InChI=1S/C13H19N3O.2ClH/c1-13(5-3-7-15-9-13)10-16-12(17)11-4-2-6-14-8-11;;/h2,4,6,8,15H,3,5,7,9-10H2,1H3,(H,16,17);2*1H. The number of carbonyl (C=O) groups excluding carboxylic acids is 1. The molecule has 1 amide bonds. The summed E-state index contributed by atoms with van der Waals surface area (Å²) in [6.07, 6.45) is 5.60. The third-order valence-corrected chi connectivity index (χ3v) is 3.29. The summed E-state index contributed by atoms with van der Waals surface area (Å²) < 4.78 is 0. The van der Waals surface area contributed by atoms with Crippen LogP contribution in [0.5, 0.6) is 0 Å². The number of hydrogen-bond donors (Lipinski definition) is 2. The fourth-order valence-corrected chi connectivity index (χ4v) is 2.16. The van der Waals surface area contributed by atoms with Crippen LogP contribution in [0.15, 0.2) is 24.5 Å². The van der Waals surface area contributed by atoms with Crippen molar-refractivity contribution in [2.75, 3.05) is 19.6 Å². The highest BCUT2D eigenvalue weighted by molar-refractivity contribution is 5.93. The van der Waals surface area contributed by atoms with Crippen LogP contribution >= 0.6 is 24.8 Å². The van der Waals surface area contributed by atoms with Crippen LogP contribution in [0.3, 0.4) is 0 Å². The Labute approximate surface area is 126 Å². The molecule has 0 saturated carbocycles. The van der Waals surface area contributed by atoms with Crippen molar-refractivity contribution in [3.63, 3.8) is 0 Å². The zero-order valence-corrected chi connectivity index (χ0v) is 12.6. The number of amides is 1. The van der Waals surface area contributed by atoms with Gasteiger partial charge in [0.2, 0.25) is 0 Å². The zero-order valence-electron chi connectivity index (χ0n) is 11.0. The van der Waals surface area contributed by atoms with Crippen LogP contribution in [0.1, 0.15) is 30.1 Å². The Hall–Kier alpha value is -0.840. The molecule has 1 aliphatic rings. The molecule has 1 saturated heterocycles. The topological polar surface area (TPSA) is 54.0 Å². The van der Waals surface area contributed by atoms with Gasteiger partial charge in [-0.2, -0.15) is 0 Å². The van der Waals surface area contributed by atoms with Crippen molar-refractivity contribution in [1.29, 1.82) is 0 Å². The molecular formula is C13H21Cl2N3O. The minimum absolute atomic E-state index is 0. The first-order chi connectivity index (χ1) is 8.20. The lowest BCUT2D eigenvalue weighted by atomic mass is 9.83. The molecule has 0 aliphatic carbocycles. The molecule has 19 heavy (non-hydrogen) atoms. The van der Waals surface area contributed by atoms with E-state index < -0.39 is 0 Å². The molecule has 2 heterocycles. The van der Waals surface area contributed by atoms with Crippen LogP contribution in [0.2, 0.25) is 0 Å². The second kappa shape index (κ2) is 8.35. The molecule has 1 aromatic heterocycles. The number of carbonyl (C=O) groups is 1. The summed E-state index contributed by atoms with van der Waals surface area (Å²) in [4.78, 5) is 15.8. The van der Waals surface area contributed by atoms with Crippen molar-refractivity contribution >= 4 is 30.7 Å². The maximum atomic E-state index is 11.9. The molecule has 4 nitrogen and oxygen atoms in total. The van der Waals surface area contributed by atoms with Gasteiger partial charge in [0.05, 0.1) is 5.56 Å². The van der Waals surface area contributed by atoms with E-state index in [1.165, 1.54) is 6.42 Å². The first-order valence-corrected chi connectivity index (χ1v) is 6.09. The molecule has 1 fully saturated rings. The van der Waals surface area contributed by atoms with Gasteiger partial charge in [0.1, 0.15) is 0 Å². The largest absolute Gasteiger partial charge is 0.351 e. The van der Waals surface area contributed by atoms with Gasteiger partial charge in [-0.25, -0.2) is 0 Å². The monoisotopic (exact) mass is 305 g/mol. The maximum absolute atomic E-state index is 11.9. The molecule has 2 rings (SSSR count). The Morgan fingerprint density at radius 3 is 2.89 bits per heavy atom. The smallest absolute Gasteiger partial charge is 0.252 e. The lowest BCUT2D eigenvalue weighted by Crippen LogP contribution is -2.45. The number of hydrogen-bond acceptors (Lipinski definition) is 3. The molecule has 6 heteroatoms. The third kappa shape index (κ3) is 5.35. The minimum Gasteiger partial charge on any atom is -0.351 e. The minimum atomic E-state index is -0.0371. The van der Waals surface area contributed by atoms with E-state index in [9.17, 15) is 4.79 Å². The molecule has 0 aromatic carbocycles. The van der Waals surface area contributed by atoms with Crippen LogP contribution in [-0.2, 0) is 0 Å². The number of nitrogens with one attached hydrogen (secondary N) is 2. The van der Waals surface area contributed by atoms with Gasteiger partial charge in [-0.05, 0) is 36.9 Å². The Morgan fingerprint density at radius 2 is 2.32 bits per heavy atom. The molecule has 0 bridgehead atoms. The predicted molar refractivity (Wildman–Crippen MR) is 81.3 cm³/mol. The van der Waals surface area contributed by atoms with Crippen LogP contribution in [0.4, 0.5) is 0 Å². The van der Waals surface area contributed by atoms with Crippen LogP contribution in [-0.4, -0.2) is 30.5 Å². The van der Waals surface area contributed by atoms with Crippen LogP contribution < -0.4 is 10.6 Å². The lowest BCUT2D eigenvalue weighted by molar-refractivity contribution is 0.0924. The molecule has 1 aromatic rings. The van der Waals surface area contributed by atoms with Crippen LogP contribution in [0, 0.1) is 5.41 Å². The van der Waals surface area contributed by atoms with E-state index in [2.05, 4.69) is 22.5 Å². The number of halogens is 2. The van der Waals surface area contributed by atoms with Crippen molar-refractivity contribution in [2.24, 2.45) is 5.41 Å². The molecule has 1 unspecified atom stereocenters. The Kier molecular flexibility index (Phi) is 7.99. The van der Waals surface area contributed by atoms with Gasteiger partial charge in [0, 0.05) is 25.5 Å². The predicted octanol–water partition coefficient (Wildman–Crippen LogP) is 2.04. The van der Waals surface area contributed by atoms with Gasteiger partial charge in [0.15, 0.2) is 0 Å². The molecule has 2 N–H and O–H groups in total. The average molecular weight is 306 g/mol. The zero-order chi connectivity index (χ0) is 12.1. The summed E-state index contributed by atoms with van der Waals surface area (Å²) in [6, 6.07) is 3.56. The van der Waals surface area contributed by atoms with Gasteiger partial charge < -0.3 is 10.6 Å². The van der Waals surface area contributed by atoms with Gasteiger partial charge in [0.25, 0.3) is 5.91 Å². The van der Waals surface area contributed by atoms with Gasteiger partial charge in [-0.3, -0.25) is 9.78 Å². The molecule has 0 radical (unpaired) electrons. The molecule has 108 valence electrons. The molecule has 1 atom stereocenters. The number of pyridine rings is 1. The van der Waals surface area contributed by atoms with E-state index in [-0.39, 0.29) is 36.1 Å². The highest BCUT2D eigenvalue weighted by Crippen LogP contribution is 2.24. The highest BCUT2D eigenvalue weighted by Gasteiger charge is 2.27. The first-order valence-electron chi connectivity index (χ1n) is 6.09.